The minimum Gasteiger partial charge on any atom is -0.382 e. The largest absolute Gasteiger partial charge is 0.382 e. The van der Waals surface area contributed by atoms with E-state index in [1.165, 1.54) is 5.56 Å². The van der Waals surface area contributed by atoms with Gasteiger partial charge in [-0.25, -0.2) is 4.99 Å². The minimum absolute atomic E-state index is 0.490. The lowest BCUT2D eigenvalue weighted by atomic mass is 10.1. The van der Waals surface area contributed by atoms with E-state index in [0.717, 1.165) is 38.3 Å². The third kappa shape index (κ3) is 8.32. The van der Waals surface area contributed by atoms with Gasteiger partial charge in [0.25, 0.3) is 0 Å². The lowest BCUT2D eigenvalue weighted by Gasteiger charge is -2.09. The number of benzene rings is 1. The number of ether oxygens (including phenoxy) is 1. The molecule has 118 valence electrons. The fourth-order valence-corrected chi connectivity index (χ4v) is 1.88. The monoisotopic (exact) mass is 292 g/mol. The van der Waals surface area contributed by atoms with Crippen molar-refractivity contribution in [2.24, 2.45) is 10.7 Å². The van der Waals surface area contributed by atoms with E-state index in [9.17, 15) is 0 Å². The van der Waals surface area contributed by atoms with Crippen molar-refractivity contribution in [1.82, 2.24) is 10.2 Å². The van der Waals surface area contributed by atoms with Crippen molar-refractivity contribution >= 4 is 5.96 Å². The van der Waals surface area contributed by atoms with Crippen LogP contribution in [0.5, 0.6) is 0 Å². The molecule has 1 aromatic rings. The van der Waals surface area contributed by atoms with Crippen LogP contribution < -0.4 is 11.1 Å². The first kappa shape index (κ1) is 17.5. The van der Waals surface area contributed by atoms with E-state index in [4.69, 9.17) is 10.5 Å². The molecule has 0 aliphatic heterocycles. The van der Waals surface area contributed by atoms with Gasteiger partial charge in [0, 0.05) is 26.3 Å². The third-order valence-corrected chi connectivity index (χ3v) is 2.93. The Bertz CT molecular complexity index is 415. The van der Waals surface area contributed by atoms with Crippen LogP contribution in [0.2, 0.25) is 0 Å². The molecule has 3 N–H and O–H groups in total. The fraction of sp³-hybridized carbons (Fsp3) is 0.562. The van der Waals surface area contributed by atoms with E-state index in [1.54, 1.807) is 0 Å². The first-order valence-corrected chi connectivity index (χ1v) is 7.46. The van der Waals surface area contributed by atoms with E-state index >= 15 is 0 Å². The van der Waals surface area contributed by atoms with Crippen molar-refractivity contribution in [2.75, 3.05) is 33.9 Å². The highest BCUT2D eigenvalue weighted by Crippen LogP contribution is 2.07. The Balaban J connectivity index is 2.30. The molecular formula is C16H28N4O. The van der Waals surface area contributed by atoms with Crippen molar-refractivity contribution in [1.29, 1.82) is 0 Å². The van der Waals surface area contributed by atoms with Crippen molar-refractivity contribution in [3.63, 3.8) is 0 Å². The average Bonchev–Trinajstić information content (AvgIpc) is 2.46. The van der Waals surface area contributed by atoms with Crippen molar-refractivity contribution in [2.45, 2.75) is 26.4 Å². The molecule has 0 amide bonds. The zero-order valence-corrected chi connectivity index (χ0v) is 13.4. The summed E-state index contributed by atoms with van der Waals surface area (Å²) < 4.78 is 5.26. The Hall–Kier alpha value is -1.59. The standard InChI is InChI=1S/C16H28N4O/c1-4-21-11-5-10-18-16(17)19-12-14-6-8-15(9-7-14)13-20(2)3/h6-9H,4-5,10-13H2,1-3H3,(H3,17,18,19). The van der Waals surface area contributed by atoms with Gasteiger partial charge in [-0.15, -0.1) is 0 Å². The minimum atomic E-state index is 0.490. The molecule has 5 heteroatoms. The molecule has 0 saturated carbocycles. The highest BCUT2D eigenvalue weighted by Gasteiger charge is 1.97. The van der Waals surface area contributed by atoms with Gasteiger partial charge in [-0.1, -0.05) is 24.3 Å². The van der Waals surface area contributed by atoms with Gasteiger partial charge in [0.1, 0.15) is 0 Å². The molecule has 0 bridgehead atoms. The van der Waals surface area contributed by atoms with Crippen LogP contribution in [0.25, 0.3) is 0 Å². The second-order valence-electron chi connectivity index (χ2n) is 5.23. The summed E-state index contributed by atoms with van der Waals surface area (Å²) in [7, 11) is 4.13. The Morgan fingerprint density at radius 2 is 1.90 bits per heavy atom. The molecule has 0 saturated heterocycles. The molecule has 1 aromatic carbocycles. The maximum Gasteiger partial charge on any atom is 0.188 e. The number of rotatable bonds is 9. The molecule has 0 unspecified atom stereocenters. The summed E-state index contributed by atoms with van der Waals surface area (Å²) in [6.45, 7) is 5.85. The van der Waals surface area contributed by atoms with Gasteiger partial charge in [-0.05, 0) is 38.6 Å². The summed E-state index contributed by atoms with van der Waals surface area (Å²) in [5.41, 5.74) is 8.29. The van der Waals surface area contributed by atoms with Crippen LogP contribution >= 0.6 is 0 Å². The lowest BCUT2D eigenvalue weighted by molar-refractivity contribution is 0.145. The van der Waals surface area contributed by atoms with Crippen molar-refractivity contribution < 1.29 is 4.74 Å². The second kappa shape index (κ2) is 10.2. The average molecular weight is 292 g/mol. The number of nitrogens with zero attached hydrogens (tertiary/aromatic N) is 2. The highest BCUT2D eigenvalue weighted by molar-refractivity contribution is 5.77. The van der Waals surface area contributed by atoms with Gasteiger partial charge >= 0.3 is 0 Å². The molecule has 21 heavy (non-hydrogen) atoms. The number of hydrogen-bond acceptors (Lipinski definition) is 3. The molecule has 0 heterocycles. The van der Waals surface area contributed by atoms with E-state index in [0.29, 0.717) is 12.5 Å². The lowest BCUT2D eigenvalue weighted by Crippen LogP contribution is -2.32. The molecule has 0 aromatic heterocycles. The predicted octanol–water partition coefficient (Wildman–Crippen LogP) is 1.58. The highest BCUT2D eigenvalue weighted by atomic mass is 16.5. The van der Waals surface area contributed by atoms with E-state index in [-0.39, 0.29) is 0 Å². The maximum absolute atomic E-state index is 5.82. The molecule has 0 radical (unpaired) electrons. The van der Waals surface area contributed by atoms with Crippen LogP contribution in [0.3, 0.4) is 0 Å². The van der Waals surface area contributed by atoms with Gasteiger partial charge in [0.15, 0.2) is 5.96 Å². The summed E-state index contributed by atoms with van der Waals surface area (Å²) in [5.74, 6) is 0.490. The summed E-state index contributed by atoms with van der Waals surface area (Å²) >= 11 is 0. The molecule has 0 atom stereocenters. The maximum atomic E-state index is 5.82. The zero-order chi connectivity index (χ0) is 15.5. The molecule has 5 nitrogen and oxygen atoms in total. The Kier molecular flexibility index (Phi) is 8.47. The summed E-state index contributed by atoms with van der Waals surface area (Å²) in [5, 5.41) is 3.09. The van der Waals surface area contributed by atoms with E-state index in [1.807, 2.05) is 6.92 Å². The zero-order valence-electron chi connectivity index (χ0n) is 13.4. The van der Waals surface area contributed by atoms with Crippen LogP contribution in [-0.2, 0) is 17.8 Å². The van der Waals surface area contributed by atoms with Gasteiger partial charge < -0.3 is 20.7 Å². The molecule has 0 fully saturated rings. The van der Waals surface area contributed by atoms with Crippen molar-refractivity contribution in [3.8, 4) is 0 Å². The van der Waals surface area contributed by atoms with Crippen LogP contribution in [0.1, 0.15) is 24.5 Å². The number of hydrogen-bond donors (Lipinski definition) is 2. The van der Waals surface area contributed by atoms with E-state index < -0.39 is 0 Å². The molecule has 1 rings (SSSR count). The van der Waals surface area contributed by atoms with Crippen LogP contribution in [-0.4, -0.2) is 44.7 Å². The third-order valence-electron chi connectivity index (χ3n) is 2.93. The number of guanidine groups is 1. The smallest absolute Gasteiger partial charge is 0.188 e. The summed E-state index contributed by atoms with van der Waals surface area (Å²) in [4.78, 5) is 6.49. The van der Waals surface area contributed by atoms with Crippen LogP contribution in [0, 0.1) is 0 Å². The SMILES string of the molecule is CCOCCCNC(N)=NCc1ccc(CN(C)C)cc1. The normalized spacial score (nSPS) is 11.9. The van der Waals surface area contributed by atoms with Gasteiger partial charge in [-0.3, -0.25) is 0 Å². The molecular weight excluding hydrogens is 264 g/mol. The Morgan fingerprint density at radius 3 is 2.52 bits per heavy atom. The van der Waals surface area contributed by atoms with Gasteiger partial charge in [-0.2, -0.15) is 0 Å². The number of aliphatic imine (C=N–C) groups is 1. The van der Waals surface area contributed by atoms with Crippen LogP contribution in [0.15, 0.2) is 29.3 Å². The molecule has 0 spiro atoms. The number of nitrogens with one attached hydrogen (secondary N) is 1. The molecule has 0 aliphatic carbocycles. The van der Waals surface area contributed by atoms with Crippen molar-refractivity contribution in [3.05, 3.63) is 35.4 Å². The van der Waals surface area contributed by atoms with Gasteiger partial charge in [0.2, 0.25) is 0 Å². The van der Waals surface area contributed by atoms with Gasteiger partial charge in [0.05, 0.1) is 6.54 Å². The molecule has 0 aliphatic rings. The topological polar surface area (TPSA) is 62.9 Å². The number of nitrogens with two attached hydrogens (primary N) is 1. The summed E-state index contributed by atoms with van der Waals surface area (Å²) in [6, 6.07) is 8.47. The fourth-order valence-electron chi connectivity index (χ4n) is 1.88. The Morgan fingerprint density at radius 1 is 1.24 bits per heavy atom. The van der Waals surface area contributed by atoms with E-state index in [2.05, 4.69) is 53.6 Å². The second-order valence-corrected chi connectivity index (χ2v) is 5.23. The first-order chi connectivity index (χ1) is 10.1. The quantitative estimate of drug-likeness (QED) is 0.412. The first-order valence-electron chi connectivity index (χ1n) is 7.46. The van der Waals surface area contributed by atoms with Crippen LogP contribution in [0.4, 0.5) is 0 Å². The summed E-state index contributed by atoms with van der Waals surface area (Å²) in [6.07, 6.45) is 0.934. The Labute approximate surface area is 128 Å². The predicted molar refractivity (Wildman–Crippen MR) is 88.3 cm³/mol.